The molecule has 1 unspecified atom stereocenters. The molecule has 0 aliphatic carbocycles. The lowest BCUT2D eigenvalue weighted by atomic mass is 10.0. The summed E-state index contributed by atoms with van der Waals surface area (Å²) in [6, 6.07) is 12.6. The van der Waals surface area contributed by atoms with Crippen molar-refractivity contribution in [2.75, 3.05) is 6.54 Å². The second-order valence-electron chi connectivity index (χ2n) is 6.05. The van der Waals surface area contributed by atoms with Crippen molar-refractivity contribution in [3.05, 3.63) is 54.4 Å². The number of carbonyl (C=O) groups is 1. The van der Waals surface area contributed by atoms with Gasteiger partial charge in [0.25, 0.3) is 0 Å². The van der Waals surface area contributed by atoms with Crippen LogP contribution in [0.4, 0.5) is 0 Å². The van der Waals surface area contributed by atoms with Crippen LogP contribution < -0.4 is 0 Å². The number of hydrogen-bond donors (Lipinski definition) is 0. The van der Waals surface area contributed by atoms with Gasteiger partial charge in [-0.25, -0.2) is 0 Å². The van der Waals surface area contributed by atoms with Crippen LogP contribution in [-0.2, 0) is 11.2 Å². The lowest BCUT2D eigenvalue weighted by Crippen LogP contribution is -2.42. The lowest BCUT2D eigenvalue weighted by molar-refractivity contribution is -0.133. The SMILES string of the molecule is CC1CCCCN1C(=O)Cc1ccc(-c2cccnc2)cc1. The maximum Gasteiger partial charge on any atom is 0.227 e. The Labute approximate surface area is 132 Å². The summed E-state index contributed by atoms with van der Waals surface area (Å²) in [5.41, 5.74) is 3.32. The Morgan fingerprint density at radius 3 is 2.68 bits per heavy atom. The Bertz CT molecular complexity index is 622. The van der Waals surface area contributed by atoms with Crippen LogP contribution in [0.25, 0.3) is 11.1 Å². The number of rotatable bonds is 3. The Hall–Kier alpha value is -2.16. The molecule has 0 N–H and O–H groups in total. The minimum Gasteiger partial charge on any atom is -0.340 e. The van der Waals surface area contributed by atoms with E-state index >= 15 is 0 Å². The fourth-order valence-electron chi connectivity index (χ4n) is 3.09. The largest absolute Gasteiger partial charge is 0.340 e. The Balaban J connectivity index is 1.67. The molecule has 2 heterocycles. The normalized spacial score (nSPS) is 18.2. The minimum absolute atomic E-state index is 0.251. The summed E-state index contributed by atoms with van der Waals surface area (Å²) in [5.74, 6) is 0.251. The molecule has 3 heteroatoms. The average Bonchev–Trinajstić information content (AvgIpc) is 2.57. The predicted octanol–water partition coefficient (Wildman–Crippen LogP) is 3.69. The highest BCUT2D eigenvalue weighted by Crippen LogP contribution is 2.20. The maximum atomic E-state index is 12.4. The molecule has 0 bridgehead atoms. The topological polar surface area (TPSA) is 33.2 Å². The van der Waals surface area contributed by atoms with Crippen molar-refractivity contribution >= 4 is 5.91 Å². The van der Waals surface area contributed by atoms with Crippen molar-refractivity contribution in [2.24, 2.45) is 0 Å². The third-order valence-corrected chi connectivity index (χ3v) is 4.43. The Morgan fingerprint density at radius 1 is 1.18 bits per heavy atom. The van der Waals surface area contributed by atoms with Gasteiger partial charge in [-0.05, 0) is 48.9 Å². The molecule has 0 saturated carbocycles. The van der Waals surface area contributed by atoms with Gasteiger partial charge >= 0.3 is 0 Å². The molecule has 1 aliphatic heterocycles. The van der Waals surface area contributed by atoms with Crippen molar-refractivity contribution in [1.29, 1.82) is 0 Å². The highest BCUT2D eigenvalue weighted by Gasteiger charge is 2.22. The quantitative estimate of drug-likeness (QED) is 0.865. The molecule has 3 rings (SSSR count). The summed E-state index contributed by atoms with van der Waals surface area (Å²) in [6.07, 6.45) is 7.63. The fourth-order valence-corrected chi connectivity index (χ4v) is 3.09. The summed E-state index contributed by atoms with van der Waals surface area (Å²) in [6.45, 7) is 3.07. The van der Waals surface area contributed by atoms with E-state index in [1.807, 2.05) is 23.2 Å². The first-order valence-electron chi connectivity index (χ1n) is 8.03. The van der Waals surface area contributed by atoms with Crippen LogP contribution in [-0.4, -0.2) is 28.4 Å². The van der Waals surface area contributed by atoms with Gasteiger partial charge in [0, 0.05) is 25.0 Å². The zero-order valence-electron chi connectivity index (χ0n) is 13.0. The molecule has 1 saturated heterocycles. The van der Waals surface area contributed by atoms with Gasteiger partial charge in [-0.1, -0.05) is 30.3 Å². The van der Waals surface area contributed by atoms with Gasteiger partial charge in [0.05, 0.1) is 6.42 Å². The number of nitrogens with zero attached hydrogens (tertiary/aromatic N) is 2. The number of likely N-dealkylation sites (tertiary alicyclic amines) is 1. The van der Waals surface area contributed by atoms with Crippen LogP contribution in [0.15, 0.2) is 48.8 Å². The summed E-state index contributed by atoms with van der Waals surface area (Å²) in [7, 11) is 0. The minimum atomic E-state index is 0.251. The van der Waals surface area contributed by atoms with Crippen LogP contribution in [0.1, 0.15) is 31.7 Å². The maximum absolute atomic E-state index is 12.4. The number of piperidine rings is 1. The van der Waals surface area contributed by atoms with Gasteiger partial charge in [-0.15, -0.1) is 0 Å². The Morgan fingerprint density at radius 2 is 2.00 bits per heavy atom. The first-order valence-corrected chi connectivity index (χ1v) is 8.03. The van der Waals surface area contributed by atoms with E-state index in [9.17, 15) is 4.79 Å². The van der Waals surface area contributed by atoms with E-state index in [1.54, 1.807) is 6.20 Å². The second kappa shape index (κ2) is 6.73. The number of hydrogen-bond acceptors (Lipinski definition) is 2. The molecule has 22 heavy (non-hydrogen) atoms. The van der Waals surface area contributed by atoms with Crippen LogP contribution in [0, 0.1) is 0 Å². The molecule has 1 atom stereocenters. The van der Waals surface area contributed by atoms with Gasteiger partial charge in [0.2, 0.25) is 5.91 Å². The van der Waals surface area contributed by atoms with E-state index in [-0.39, 0.29) is 5.91 Å². The van der Waals surface area contributed by atoms with Gasteiger partial charge in [-0.3, -0.25) is 9.78 Å². The molecule has 3 nitrogen and oxygen atoms in total. The van der Waals surface area contributed by atoms with E-state index in [2.05, 4.69) is 36.2 Å². The van der Waals surface area contributed by atoms with Gasteiger partial charge in [-0.2, -0.15) is 0 Å². The molecule has 2 aromatic rings. The molecule has 1 amide bonds. The fraction of sp³-hybridized carbons (Fsp3) is 0.368. The molecular weight excluding hydrogens is 272 g/mol. The molecule has 1 fully saturated rings. The first-order chi connectivity index (χ1) is 10.7. The summed E-state index contributed by atoms with van der Waals surface area (Å²) in [5, 5.41) is 0. The number of pyridine rings is 1. The van der Waals surface area contributed by atoms with Gasteiger partial charge in [0.15, 0.2) is 0 Å². The van der Waals surface area contributed by atoms with E-state index in [4.69, 9.17) is 0 Å². The molecule has 1 aromatic carbocycles. The summed E-state index contributed by atoms with van der Waals surface area (Å²) < 4.78 is 0. The number of amides is 1. The second-order valence-corrected chi connectivity index (χ2v) is 6.05. The average molecular weight is 294 g/mol. The number of benzene rings is 1. The van der Waals surface area contributed by atoms with Crippen molar-refractivity contribution in [3.63, 3.8) is 0 Å². The van der Waals surface area contributed by atoms with Crippen molar-refractivity contribution < 1.29 is 4.79 Å². The monoisotopic (exact) mass is 294 g/mol. The zero-order valence-corrected chi connectivity index (χ0v) is 13.0. The van der Waals surface area contributed by atoms with Crippen LogP contribution in [0.5, 0.6) is 0 Å². The van der Waals surface area contributed by atoms with E-state index in [0.717, 1.165) is 36.1 Å². The van der Waals surface area contributed by atoms with Crippen LogP contribution >= 0.6 is 0 Å². The van der Waals surface area contributed by atoms with Crippen molar-refractivity contribution in [2.45, 2.75) is 38.6 Å². The van der Waals surface area contributed by atoms with Crippen LogP contribution in [0.2, 0.25) is 0 Å². The summed E-state index contributed by atoms with van der Waals surface area (Å²) >= 11 is 0. The predicted molar refractivity (Wildman–Crippen MR) is 88.4 cm³/mol. The number of carbonyl (C=O) groups excluding carboxylic acids is 1. The van der Waals surface area contributed by atoms with E-state index in [0.29, 0.717) is 12.5 Å². The lowest BCUT2D eigenvalue weighted by Gasteiger charge is -2.33. The highest BCUT2D eigenvalue weighted by atomic mass is 16.2. The van der Waals surface area contributed by atoms with Crippen molar-refractivity contribution in [3.8, 4) is 11.1 Å². The third kappa shape index (κ3) is 3.35. The molecular formula is C19H22N2O. The van der Waals surface area contributed by atoms with E-state index < -0.39 is 0 Å². The molecule has 1 aromatic heterocycles. The Kier molecular flexibility index (Phi) is 4.52. The zero-order chi connectivity index (χ0) is 15.4. The highest BCUT2D eigenvalue weighted by molar-refractivity contribution is 5.79. The first kappa shape index (κ1) is 14.8. The van der Waals surface area contributed by atoms with E-state index in [1.165, 1.54) is 6.42 Å². The third-order valence-electron chi connectivity index (χ3n) is 4.43. The van der Waals surface area contributed by atoms with Crippen molar-refractivity contribution in [1.82, 2.24) is 9.88 Å². The smallest absolute Gasteiger partial charge is 0.227 e. The van der Waals surface area contributed by atoms with Gasteiger partial charge in [0.1, 0.15) is 0 Å². The molecule has 0 radical (unpaired) electrons. The molecule has 114 valence electrons. The molecule has 0 spiro atoms. The number of aromatic nitrogens is 1. The molecule has 1 aliphatic rings. The standard InChI is InChI=1S/C19H22N2O/c1-15-5-2-3-12-21(15)19(22)13-16-7-9-17(10-8-16)18-6-4-11-20-14-18/h4,6-11,14-15H,2-3,5,12-13H2,1H3. The van der Waals surface area contributed by atoms with Gasteiger partial charge < -0.3 is 4.90 Å². The summed E-state index contributed by atoms with van der Waals surface area (Å²) in [4.78, 5) is 18.6. The van der Waals surface area contributed by atoms with Crippen LogP contribution in [0.3, 0.4) is 0 Å².